The van der Waals surface area contributed by atoms with E-state index in [0.717, 1.165) is 37.4 Å². The van der Waals surface area contributed by atoms with Crippen LogP contribution < -0.4 is 16.0 Å². The van der Waals surface area contributed by atoms with Crippen LogP contribution in [0.4, 0.5) is 10.6 Å². The van der Waals surface area contributed by atoms with Crippen molar-refractivity contribution in [2.24, 2.45) is 0 Å². The van der Waals surface area contributed by atoms with Crippen LogP contribution >= 0.6 is 0 Å². The molecule has 0 radical (unpaired) electrons. The van der Waals surface area contributed by atoms with Gasteiger partial charge in [-0.3, -0.25) is 4.90 Å². The first-order valence-corrected chi connectivity index (χ1v) is 10.0. The number of rotatable bonds is 7. The zero-order chi connectivity index (χ0) is 20.0. The number of nitrogens with one attached hydrogen (secondary N) is 3. The van der Waals surface area contributed by atoms with Crippen LogP contribution in [-0.4, -0.2) is 41.1 Å². The van der Waals surface area contributed by atoms with Crippen LogP contribution in [0.2, 0.25) is 0 Å². The van der Waals surface area contributed by atoms with E-state index in [1.165, 1.54) is 11.1 Å². The number of aromatic nitrogens is 1. The number of amides is 2. The zero-order valence-electron chi connectivity index (χ0n) is 17.1. The third-order valence-electron chi connectivity index (χ3n) is 5.30. The number of fused-ring (bicyclic) bond motifs is 1. The van der Waals surface area contributed by atoms with E-state index in [2.05, 4.69) is 63.9 Å². The largest absolute Gasteiger partial charge is 0.370 e. The second-order valence-corrected chi connectivity index (χ2v) is 7.87. The summed E-state index contributed by atoms with van der Waals surface area (Å²) >= 11 is 0. The molecule has 0 saturated carbocycles. The smallest absolute Gasteiger partial charge is 0.315 e. The number of hydrogen-bond acceptors (Lipinski definition) is 4. The van der Waals surface area contributed by atoms with E-state index in [9.17, 15) is 4.79 Å². The minimum atomic E-state index is -0.146. The average molecular weight is 382 g/mol. The van der Waals surface area contributed by atoms with E-state index in [-0.39, 0.29) is 11.6 Å². The van der Waals surface area contributed by atoms with E-state index in [1.54, 1.807) is 6.20 Å². The molecule has 1 aliphatic rings. The quantitative estimate of drug-likeness (QED) is 0.689. The van der Waals surface area contributed by atoms with E-state index in [0.29, 0.717) is 13.1 Å². The Morgan fingerprint density at radius 2 is 1.96 bits per heavy atom. The fourth-order valence-corrected chi connectivity index (χ4v) is 3.53. The molecule has 3 rings (SSSR count). The molecule has 0 spiro atoms. The number of carbonyl (C=O) groups excluding carboxylic acids is 1. The van der Waals surface area contributed by atoms with Gasteiger partial charge in [-0.25, -0.2) is 9.78 Å². The predicted octanol–water partition coefficient (Wildman–Crippen LogP) is 3.15. The highest BCUT2D eigenvalue weighted by Crippen LogP contribution is 2.24. The van der Waals surface area contributed by atoms with Crippen molar-refractivity contribution in [2.45, 2.75) is 45.8 Å². The third-order valence-corrected chi connectivity index (χ3v) is 5.30. The van der Waals surface area contributed by atoms with Crippen molar-refractivity contribution in [3.05, 3.63) is 59.3 Å². The number of carbonyl (C=O) groups is 1. The molecule has 1 aromatic heterocycles. The molecular weight excluding hydrogens is 350 g/mol. The summed E-state index contributed by atoms with van der Waals surface area (Å²) in [7, 11) is 0. The Kier molecular flexibility index (Phi) is 6.52. The molecule has 0 atom stereocenters. The standard InChI is InChI=1S/C22H31N5O/c1-4-23-20-13-17(9-11-24-20)14-25-21(28)26-16-22(2,3)27-12-10-18-7-5-6-8-19(18)15-27/h5-9,11,13H,4,10,12,14-16H2,1-3H3,(H,23,24)(H2,25,26,28). The molecule has 0 unspecified atom stereocenters. The highest BCUT2D eigenvalue weighted by atomic mass is 16.2. The van der Waals surface area contributed by atoms with Crippen LogP contribution in [0, 0.1) is 0 Å². The zero-order valence-corrected chi connectivity index (χ0v) is 17.1. The summed E-state index contributed by atoms with van der Waals surface area (Å²) in [5, 5.41) is 9.15. The summed E-state index contributed by atoms with van der Waals surface area (Å²) < 4.78 is 0. The maximum absolute atomic E-state index is 12.3. The Morgan fingerprint density at radius 1 is 1.18 bits per heavy atom. The first-order chi connectivity index (χ1) is 13.5. The molecule has 1 aromatic carbocycles. The molecule has 1 aliphatic heterocycles. The molecule has 0 aliphatic carbocycles. The van der Waals surface area contributed by atoms with Gasteiger partial charge in [0.1, 0.15) is 5.82 Å². The Labute approximate surface area is 167 Å². The van der Waals surface area contributed by atoms with Crippen molar-refractivity contribution in [2.75, 3.05) is 25.0 Å². The maximum Gasteiger partial charge on any atom is 0.315 e. The summed E-state index contributed by atoms with van der Waals surface area (Å²) in [5.74, 6) is 0.828. The molecule has 2 heterocycles. The maximum atomic E-state index is 12.3. The predicted molar refractivity (Wildman–Crippen MR) is 113 cm³/mol. The number of hydrogen-bond donors (Lipinski definition) is 3. The van der Waals surface area contributed by atoms with Crippen molar-refractivity contribution < 1.29 is 4.79 Å². The van der Waals surface area contributed by atoms with Gasteiger partial charge in [-0.05, 0) is 56.0 Å². The Hall–Kier alpha value is -2.60. The SMILES string of the molecule is CCNc1cc(CNC(=O)NCC(C)(C)N2CCc3ccccc3C2)ccn1. The molecule has 2 aromatic rings. The Bertz CT molecular complexity index is 805. The summed E-state index contributed by atoms with van der Waals surface area (Å²) in [6.07, 6.45) is 2.81. The minimum Gasteiger partial charge on any atom is -0.370 e. The van der Waals surface area contributed by atoms with Gasteiger partial charge in [-0.1, -0.05) is 24.3 Å². The molecule has 3 N–H and O–H groups in total. The van der Waals surface area contributed by atoms with Crippen molar-refractivity contribution in [3.63, 3.8) is 0 Å². The number of urea groups is 1. The first-order valence-electron chi connectivity index (χ1n) is 10.0. The van der Waals surface area contributed by atoms with Gasteiger partial charge in [0.25, 0.3) is 0 Å². The summed E-state index contributed by atoms with van der Waals surface area (Å²) in [4.78, 5) is 19.0. The van der Waals surface area contributed by atoms with Gasteiger partial charge in [0, 0.05) is 44.5 Å². The van der Waals surface area contributed by atoms with Crippen LogP contribution in [0.25, 0.3) is 0 Å². The lowest BCUT2D eigenvalue weighted by molar-refractivity contribution is 0.104. The normalized spacial score (nSPS) is 14.2. The lowest BCUT2D eigenvalue weighted by Gasteiger charge is -2.41. The molecule has 0 fully saturated rings. The van der Waals surface area contributed by atoms with Gasteiger partial charge in [0.2, 0.25) is 0 Å². The number of benzene rings is 1. The van der Waals surface area contributed by atoms with Gasteiger partial charge < -0.3 is 16.0 Å². The highest BCUT2D eigenvalue weighted by molar-refractivity contribution is 5.73. The van der Waals surface area contributed by atoms with Gasteiger partial charge in [-0.15, -0.1) is 0 Å². The van der Waals surface area contributed by atoms with Gasteiger partial charge in [0.15, 0.2) is 0 Å². The third kappa shape index (κ3) is 5.23. The highest BCUT2D eigenvalue weighted by Gasteiger charge is 2.30. The monoisotopic (exact) mass is 381 g/mol. The fourth-order valence-electron chi connectivity index (χ4n) is 3.53. The molecule has 28 heavy (non-hydrogen) atoms. The van der Waals surface area contributed by atoms with Gasteiger partial charge >= 0.3 is 6.03 Å². The second kappa shape index (κ2) is 9.06. The van der Waals surface area contributed by atoms with Crippen LogP contribution in [-0.2, 0) is 19.5 Å². The molecule has 6 nitrogen and oxygen atoms in total. The summed E-state index contributed by atoms with van der Waals surface area (Å²) in [5.41, 5.74) is 3.74. The molecule has 0 bridgehead atoms. The lowest BCUT2D eigenvalue weighted by atomic mass is 9.94. The second-order valence-electron chi connectivity index (χ2n) is 7.87. The van der Waals surface area contributed by atoms with Gasteiger partial charge in [0.05, 0.1) is 0 Å². The molecule has 2 amide bonds. The van der Waals surface area contributed by atoms with E-state index >= 15 is 0 Å². The van der Waals surface area contributed by atoms with Gasteiger partial charge in [-0.2, -0.15) is 0 Å². The molecule has 0 saturated heterocycles. The summed E-state index contributed by atoms with van der Waals surface area (Å²) in [6.45, 7) is 10.2. The van der Waals surface area contributed by atoms with Crippen molar-refractivity contribution in [3.8, 4) is 0 Å². The van der Waals surface area contributed by atoms with Crippen molar-refractivity contribution in [1.82, 2.24) is 20.5 Å². The minimum absolute atomic E-state index is 0.111. The first kappa shape index (κ1) is 20.1. The molecular formula is C22H31N5O. The Balaban J connectivity index is 1.48. The van der Waals surface area contributed by atoms with E-state index in [4.69, 9.17) is 0 Å². The number of nitrogens with zero attached hydrogens (tertiary/aromatic N) is 2. The molecule has 150 valence electrons. The van der Waals surface area contributed by atoms with Crippen LogP contribution in [0.15, 0.2) is 42.6 Å². The summed E-state index contributed by atoms with van der Waals surface area (Å²) in [6, 6.07) is 12.3. The Morgan fingerprint density at radius 3 is 2.75 bits per heavy atom. The lowest BCUT2D eigenvalue weighted by Crippen LogP contribution is -2.54. The van der Waals surface area contributed by atoms with Crippen molar-refractivity contribution >= 4 is 11.8 Å². The van der Waals surface area contributed by atoms with E-state index in [1.807, 2.05) is 19.1 Å². The van der Waals surface area contributed by atoms with Crippen molar-refractivity contribution in [1.29, 1.82) is 0 Å². The molecule has 6 heteroatoms. The average Bonchev–Trinajstić information content (AvgIpc) is 2.71. The number of pyridine rings is 1. The van der Waals surface area contributed by atoms with Crippen LogP contribution in [0.5, 0.6) is 0 Å². The number of anilines is 1. The van der Waals surface area contributed by atoms with Crippen LogP contribution in [0.3, 0.4) is 0 Å². The topological polar surface area (TPSA) is 69.3 Å². The van der Waals surface area contributed by atoms with Crippen LogP contribution in [0.1, 0.15) is 37.5 Å². The van der Waals surface area contributed by atoms with E-state index < -0.39 is 0 Å². The fraction of sp³-hybridized carbons (Fsp3) is 0.455.